The Morgan fingerprint density at radius 2 is 1.62 bits per heavy atom. The van der Waals surface area contributed by atoms with Gasteiger partial charge in [0.2, 0.25) is 0 Å². The molecule has 90 valence electrons. The SMILES string of the molecule is O=C(O)CCSC1C2CC3CC(C2)CC1C3. The monoisotopic (exact) mass is 240 g/mol. The van der Waals surface area contributed by atoms with Gasteiger partial charge in [0.1, 0.15) is 0 Å². The highest BCUT2D eigenvalue weighted by molar-refractivity contribution is 7.99. The van der Waals surface area contributed by atoms with E-state index in [1.807, 2.05) is 11.8 Å². The Hall–Kier alpha value is -0.180. The van der Waals surface area contributed by atoms with Gasteiger partial charge in [-0.25, -0.2) is 0 Å². The number of carboxylic acids is 1. The van der Waals surface area contributed by atoms with Gasteiger partial charge < -0.3 is 5.11 Å². The molecule has 3 heteroatoms. The minimum absolute atomic E-state index is 0.341. The summed E-state index contributed by atoms with van der Waals surface area (Å²) >= 11 is 1.96. The Bertz CT molecular complexity index is 262. The van der Waals surface area contributed by atoms with Crippen molar-refractivity contribution in [3.63, 3.8) is 0 Å². The lowest BCUT2D eigenvalue weighted by Crippen LogP contribution is -2.46. The van der Waals surface area contributed by atoms with E-state index in [1.165, 1.54) is 32.1 Å². The van der Waals surface area contributed by atoms with Gasteiger partial charge in [0.05, 0.1) is 6.42 Å². The Kier molecular flexibility index (Phi) is 2.90. The van der Waals surface area contributed by atoms with Crippen LogP contribution in [0.4, 0.5) is 0 Å². The summed E-state index contributed by atoms with van der Waals surface area (Å²) in [7, 11) is 0. The highest BCUT2D eigenvalue weighted by atomic mass is 32.2. The van der Waals surface area contributed by atoms with E-state index in [4.69, 9.17) is 5.11 Å². The molecule has 0 aliphatic heterocycles. The molecule has 0 unspecified atom stereocenters. The molecule has 0 amide bonds. The summed E-state index contributed by atoms with van der Waals surface area (Å²) in [5, 5.41) is 9.48. The molecule has 4 aliphatic carbocycles. The second-order valence-electron chi connectivity index (χ2n) is 5.91. The third kappa shape index (κ3) is 1.99. The molecule has 2 nitrogen and oxygen atoms in total. The van der Waals surface area contributed by atoms with E-state index in [0.717, 1.165) is 34.7 Å². The summed E-state index contributed by atoms with van der Waals surface area (Å²) in [6, 6.07) is 0. The summed E-state index contributed by atoms with van der Waals surface area (Å²) < 4.78 is 0. The van der Waals surface area contributed by atoms with Crippen molar-refractivity contribution in [2.75, 3.05) is 5.75 Å². The van der Waals surface area contributed by atoms with Crippen LogP contribution >= 0.6 is 11.8 Å². The molecule has 0 aromatic rings. The van der Waals surface area contributed by atoms with E-state index in [0.29, 0.717) is 6.42 Å². The minimum Gasteiger partial charge on any atom is -0.481 e. The molecule has 0 heterocycles. The van der Waals surface area contributed by atoms with Gasteiger partial charge in [0, 0.05) is 11.0 Å². The predicted octanol–water partition coefficient (Wildman–Crippen LogP) is 3.02. The third-order valence-corrected chi connectivity index (χ3v) is 6.36. The molecule has 0 atom stereocenters. The molecule has 4 saturated carbocycles. The summed E-state index contributed by atoms with van der Waals surface area (Å²) in [6.45, 7) is 0. The first-order valence-corrected chi connectivity index (χ1v) is 7.60. The standard InChI is InChI=1S/C13H20O2S/c14-12(15)1-2-16-13-10-4-8-3-9(6-10)7-11(13)5-8/h8-11,13H,1-7H2,(H,14,15). The second kappa shape index (κ2) is 4.25. The Morgan fingerprint density at radius 1 is 1.06 bits per heavy atom. The topological polar surface area (TPSA) is 37.3 Å². The van der Waals surface area contributed by atoms with Gasteiger partial charge in [-0.15, -0.1) is 0 Å². The van der Waals surface area contributed by atoms with Gasteiger partial charge >= 0.3 is 5.97 Å². The number of thioether (sulfide) groups is 1. The molecule has 0 spiro atoms. The van der Waals surface area contributed by atoms with Crippen LogP contribution in [0.3, 0.4) is 0 Å². The van der Waals surface area contributed by atoms with Gasteiger partial charge in [-0.05, 0) is 55.8 Å². The van der Waals surface area contributed by atoms with Crippen molar-refractivity contribution in [2.24, 2.45) is 23.7 Å². The van der Waals surface area contributed by atoms with E-state index in [1.54, 1.807) is 0 Å². The van der Waals surface area contributed by atoms with Gasteiger partial charge in [0.25, 0.3) is 0 Å². The number of carboxylic acid groups (broad SMARTS) is 1. The summed E-state index contributed by atoms with van der Waals surface area (Å²) in [5.74, 6) is 4.08. The first-order chi connectivity index (χ1) is 7.72. The zero-order chi connectivity index (χ0) is 11.1. The number of hydrogen-bond donors (Lipinski definition) is 1. The van der Waals surface area contributed by atoms with Gasteiger partial charge in [-0.1, -0.05) is 0 Å². The zero-order valence-electron chi connectivity index (χ0n) is 9.60. The Labute approximate surface area is 101 Å². The second-order valence-corrected chi connectivity index (χ2v) is 7.20. The molecule has 0 saturated heterocycles. The summed E-state index contributed by atoms with van der Waals surface area (Å²) in [5.41, 5.74) is 0. The lowest BCUT2D eigenvalue weighted by atomic mass is 9.56. The summed E-state index contributed by atoms with van der Waals surface area (Å²) in [6.07, 6.45) is 7.61. The van der Waals surface area contributed by atoms with Crippen molar-refractivity contribution < 1.29 is 9.90 Å². The maximum absolute atomic E-state index is 10.5. The van der Waals surface area contributed by atoms with Crippen LogP contribution in [0.2, 0.25) is 0 Å². The fourth-order valence-corrected chi connectivity index (χ4v) is 5.98. The molecular formula is C13H20O2S. The van der Waals surface area contributed by atoms with Crippen LogP contribution in [0.15, 0.2) is 0 Å². The lowest BCUT2D eigenvalue weighted by molar-refractivity contribution is -0.136. The van der Waals surface area contributed by atoms with Crippen molar-refractivity contribution in [1.82, 2.24) is 0 Å². The van der Waals surface area contributed by atoms with Crippen LogP contribution in [0.1, 0.15) is 38.5 Å². The fraction of sp³-hybridized carbons (Fsp3) is 0.923. The van der Waals surface area contributed by atoms with Crippen LogP contribution in [0.5, 0.6) is 0 Å². The van der Waals surface area contributed by atoms with Gasteiger partial charge in [0.15, 0.2) is 0 Å². The molecule has 0 aromatic heterocycles. The molecule has 4 rings (SSSR count). The molecule has 4 bridgehead atoms. The first kappa shape index (κ1) is 10.9. The largest absolute Gasteiger partial charge is 0.481 e. The van der Waals surface area contributed by atoms with Crippen LogP contribution in [0, 0.1) is 23.7 Å². The van der Waals surface area contributed by atoms with Crippen molar-refractivity contribution >= 4 is 17.7 Å². The van der Waals surface area contributed by atoms with Crippen LogP contribution < -0.4 is 0 Å². The van der Waals surface area contributed by atoms with E-state index in [2.05, 4.69) is 0 Å². The first-order valence-electron chi connectivity index (χ1n) is 6.55. The van der Waals surface area contributed by atoms with E-state index >= 15 is 0 Å². The quantitative estimate of drug-likeness (QED) is 0.820. The fourth-order valence-electron chi connectivity index (χ4n) is 4.43. The Morgan fingerprint density at radius 3 is 2.12 bits per heavy atom. The van der Waals surface area contributed by atoms with Crippen LogP contribution in [0.25, 0.3) is 0 Å². The van der Waals surface area contributed by atoms with Crippen LogP contribution in [-0.2, 0) is 4.79 Å². The molecular weight excluding hydrogens is 220 g/mol. The van der Waals surface area contributed by atoms with Crippen LogP contribution in [-0.4, -0.2) is 22.1 Å². The van der Waals surface area contributed by atoms with Crippen molar-refractivity contribution in [1.29, 1.82) is 0 Å². The van der Waals surface area contributed by atoms with Gasteiger partial charge in [-0.3, -0.25) is 4.79 Å². The van der Waals surface area contributed by atoms with Gasteiger partial charge in [-0.2, -0.15) is 11.8 Å². The Balaban J connectivity index is 1.57. The van der Waals surface area contributed by atoms with E-state index < -0.39 is 5.97 Å². The average Bonchev–Trinajstić information content (AvgIpc) is 2.20. The predicted molar refractivity (Wildman–Crippen MR) is 65.5 cm³/mol. The maximum atomic E-state index is 10.5. The third-order valence-electron chi connectivity index (χ3n) is 4.77. The highest BCUT2D eigenvalue weighted by Crippen LogP contribution is 2.56. The zero-order valence-corrected chi connectivity index (χ0v) is 10.4. The molecule has 0 aromatic carbocycles. The molecule has 16 heavy (non-hydrogen) atoms. The smallest absolute Gasteiger partial charge is 0.304 e. The highest BCUT2D eigenvalue weighted by Gasteiger charge is 2.48. The minimum atomic E-state index is -0.642. The molecule has 4 aliphatic rings. The number of rotatable bonds is 4. The lowest BCUT2D eigenvalue weighted by Gasteiger charge is -2.54. The number of hydrogen-bond acceptors (Lipinski definition) is 2. The summed E-state index contributed by atoms with van der Waals surface area (Å²) in [4.78, 5) is 10.5. The molecule has 0 radical (unpaired) electrons. The maximum Gasteiger partial charge on any atom is 0.304 e. The van der Waals surface area contributed by atoms with Crippen molar-refractivity contribution in [3.8, 4) is 0 Å². The normalized spacial score (nSPS) is 44.9. The van der Waals surface area contributed by atoms with E-state index in [9.17, 15) is 4.79 Å². The van der Waals surface area contributed by atoms with E-state index in [-0.39, 0.29) is 0 Å². The molecule has 1 N–H and O–H groups in total. The van der Waals surface area contributed by atoms with Crippen molar-refractivity contribution in [2.45, 2.75) is 43.8 Å². The van der Waals surface area contributed by atoms with Crippen molar-refractivity contribution in [3.05, 3.63) is 0 Å². The molecule has 4 fully saturated rings. The number of aliphatic carboxylic acids is 1. The number of carbonyl (C=O) groups is 1. The average molecular weight is 240 g/mol.